The Morgan fingerprint density at radius 3 is 2.47 bits per heavy atom. The molecule has 0 spiro atoms. The van der Waals surface area contributed by atoms with E-state index in [0.29, 0.717) is 9.77 Å². The monoisotopic (exact) mass is 237 g/mol. The van der Waals surface area contributed by atoms with Crippen molar-refractivity contribution in [2.24, 2.45) is 0 Å². The number of amides is 1. The van der Waals surface area contributed by atoms with E-state index in [4.69, 9.17) is 10.5 Å². The molecule has 0 fully saturated rings. The summed E-state index contributed by atoms with van der Waals surface area (Å²) in [6, 6.07) is 5.32. The van der Waals surface area contributed by atoms with Crippen molar-refractivity contribution < 1.29 is 4.79 Å². The third kappa shape index (κ3) is 2.98. The van der Waals surface area contributed by atoms with Crippen LogP contribution >= 0.6 is 24.0 Å². The molecule has 0 saturated heterocycles. The minimum absolute atomic E-state index is 0.0772. The molecule has 0 atom stereocenters. The predicted octanol–water partition coefficient (Wildman–Crippen LogP) is 1.53. The predicted molar refractivity (Wildman–Crippen MR) is 58.7 cm³/mol. The average Bonchev–Trinajstić information content (AvgIpc) is 2.63. The van der Waals surface area contributed by atoms with Crippen molar-refractivity contribution in [3.05, 3.63) is 16.3 Å². The molecule has 6 heteroatoms. The Labute approximate surface area is 96.8 Å². The van der Waals surface area contributed by atoms with Gasteiger partial charge in [-0.3, -0.25) is 4.79 Å². The number of nitriles is 2. The molecule has 0 aliphatic rings. The van der Waals surface area contributed by atoms with Gasteiger partial charge in [0, 0.05) is 10.3 Å². The number of rotatable bonds is 3. The quantitative estimate of drug-likeness (QED) is 0.640. The highest BCUT2D eigenvalue weighted by molar-refractivity contribution is 7.80. The zero-order valence-corrected chi connectivity index (χ0v) is 9.39. The maximum absolute atomic E-state index is 11.7. The van der Waals surface area contributed by atoms with E-state index in [2.05, 4.69) is 12.6 Å². The van der Waals surface area contributed by atoms with Crippen LogP contribution in [0.25, 0.3) is 0 Å². The topological polar surface area (TPSA) is 67.9 Å². The smallest absolute Gasteiger partial charge is 0.265 e. The summed E-state index contributed by atoms with van der Waals surface area (Å²) >= 11 is 5.33. The first kappa shape index (κ1) is 11.6. The molecule has 1 aromatic rings. The molecule has 1 aromatic heterocycles. The molecule has 1 heterocycles. The molecule has 76 valence electrons. The van der Waals surface area contributed by atoms with Gasteiger partial charge in [0.05, 0.1) is 17.0 Å². The highest BCUT2D eigenvalue weighted by Crippen LogP contribution is 2.19. The first-order chi connectivity index (χ1) is 7.19. The van der Waals surface area contributed by atoms with Crippen molar-refractivity contribution >= 4 is 29.9 Å². The summed E-state index contributed by atoms with van der Waals surface area (Å²) in [5, 5.41) is 18.7. The number of thiophene rings is 1. The van der Waals surface area contributed by atoms with Gasteiger partial charge in [-0.25, -0.2) is 0 Å². The zero-order chi connectivity index (χ0) is 11.3. The molecule has 0 saturated carbocycles. The standard InChI is InChI=1S/C9H7N3OS2/c10-1-3-12(4-2-11)9(13)8-5-7(14)6-15-8/h5-6,14H,3-4H2. The van der Waals surface area contributed by atoms with Crippen molar-refractivity contribution in [2.45, 2.75) is 4.90 Å². The number of carbonyl (C=O) groups excluding carboxylic acids is 1. The van der Waals surface area contributed by atoms with E-state index in [0.717, 1.165) is 0 Å². The number of nitrogens with zero attached hydrogens (tertiary/aromatic N) is 3. The van der Waals surface area contributed by atoms with E-state index >= 15 is 0 Å². The van der Waals surface area contributed by atoms with Crippen LogP contribution in [-0.2, 0) is 0 Å². The Morgan fingerprint density at radius 2 is 2.07 bits per heavy atom. The Morgan fingerprint density at radius 1 is 1.47 bits per heavy atom. The summed E-state index contributed by atoms with van der Waals surface area (Å²) in [7, 11) is 0. The van der Waals surface area contributed by atoms with Crippen molar-refractivity contribution in [3.63, 3.8) is 0 Å². The molecule has 0 aliphatic carbocycles. The molecule has 0 aromatic carbocycles. The summed E-state index contributed by atoms with van der Waals surface area (Å²) < 4.78 is 0. The van der Waals surface area contributed by atoms with Gasteiger partial charge in [0.1, 0.15) is 13.1 Å². The van der Waals surface area contributed by atoms with Crippen LogP contribution in [0.3, 0.4) is 0 Å². The Bertz CT molecular complexity index is 425. The van der Waals surface area contributed by atoms with Gasteiger partial charge >= 0.3 is 0 Å². The Kier molecular flexibility index (Phi) is 4.17. The normalized spacial score (nSPS) is 9.00. The number of carbonyl (C=O) groups is 1. The van der Waals surface area contributed by atoms with E-state index in [1.165, 1.54) is 16.2 Å². The molecule has 0 aliphatic heterocycles. The van der Waals surface area contributed by atoms with Crippen molar-refractivity contribution in [3.8, 4) is 12.1 Å². The number of hydrogen-bond acceptors (Lipinski definition) is 5. The molecule has 15 heavy (non-hydrogen) atoms. The SMILES string of the molecule is N#CCN(CC#N)C(=O)c1cc(S)cs1. The third-order valence-corrected chi connectivity index (χ3v) is 2.96. The lowest BCUT2D eigenvalue weighted by atomic mass is 10.4. The number of hydrogen-bond donors (Lipinski definition) is 1. The van der Waals surface area contributed by atoms with Gasteiger partial charge in [0.25, 0.3) is 5.91 Å². The second-order valence-electron chi connectivity index (χ2n) is 2.65. The molecule has 0 unspecified atom stereocenters. The lowest BCUT2D eigenvalue weighted by Gasteiger charge is -2.13. The van der Waals surface area contributed by atoms with Crippen molar-refractivity contribution in [2.75, 3.05) is 13.1 Å². The van der Waals surface area contributed by atoms with Crippen molar-refractivity contribution in [1.82, 2.24) is 4.90 Å². The second-order valence-corrected chi connectivity index (χ2v) is 4.07. The minimum atomic E-state index is -0.302. The lowest BCUT2D eigenvalue weighted by Crippen LogP contribution is -2.31. The van der Waals surface area contributed by atoms with E-state index in [1.807, 2.05) is 12.1 Å². The largest absolute Gasteiger partial charge is 0.311 e. The molecule has 4 nitrogen and oxygen atoms in total. The van der Waals surface area contributed by atoms with Gasteiger partial charge in [-0.2, -0.15) is 10.5 Å². The third-order valence-electron chi connectivity index (χ3n) is 1.61. The van der Waals surface area contributed by atoms with E-state index in [1.54, 1.807) is 11.4 Å². The van der Waals surface area contributed by atoms with Gasteiger partial charge in [-0.15, -0.1) is 24.0 Å². The summed E-state index contributed by atoms with van der Waals surface area (Å²) in [4.78, 5) is 14.1. The summed E-state index contributed by atoms with van der Waals surface area (Å²) in [5.41, 5.74) is 0. The minimum Gasteiger partial charge on any atom is -0.311 e. The van der Waals surface area contributed by atoms with Gasteiger partial charge < -0.3 is 4.90 Å². The second kappa shape index (κ2) is 5.40. The average molecular weight is 237 g/mol. The summed E-state index contributed by atoms with van der Waals surface area (Å²) in [6.07, 6.45) is 0. The molecule has 1 rings (SSSR count). The molecule has 0 bridgehead atoms. The first-order valence-electron chi connectivity index (χ1n) is 3.99. The maximum Gasteiger partial charge on any atom is 0.265 e. The van der Waals surface area contributed by atoms with Crippen LogP contribution in [0.1, 0.15) is 9.67 Å². The maximum atomic E-state index is 11.7. The fraction of sp³-hybridized carbons (Fsp3) is 0.222. The highest BCUT2D eigenvalue weighted by Gasteiger charge is 2.16. The highest BCUT2D eigenvalue weighted by atomic mass is 32.1. The van der Waals surface area contributed by atoms with Gasteiger partial charge in [0.2, 0.25) is 0 Å². The molecular formula is C9H7N3OS2. The molecule has 0 N–H and O–H groups in total. The first-order valence-corrected chi connectivity index (χ1v) is 5.32. The van der Waals surface area contributed by atoms with Crippen LogP contribution in [0.4, 0.5) is 0 Å². The van der Waals surface area contributed by atoms with Crippen LogP contribution in [-0.4, -0.2) is 23.9 Å². The lowest BCUT2D eigenvalue weighted by molar-refractivity contribution is 0.0799. The van der Waals surface area contributed by atoms with Crippen LogP contribution in [0.15, 0.2) is 16.3 Å². The fourth-order valence-corrected chi connectivity index (χ4v) is 2.08. The Hall–Kier alpha value is -1.50. The summed E-state index contributed by atoms with van der Waals surface area (Å²) in [5.74, 6) is -0.302. The van der Waals surface area contributed by atoms with E-state index < -0.39 is 0 Å². The number of thiol groups is 1. The van der Waals surface area contributed by atoms with Gasteiger partial charge in [-0.1, -0.05) is 0 Å². The zero-order valence-electron chi connectivity index (χ0n) is 7.67. The fourth-order valence-electron chi connectivity index (χ4n) is 0.964. The van der Waals surface area contributed by atoms with Gasteiger partial charge in [-0.05, 0) is 6.07 Å². The van der Waals surface area contributed by atoms with Gasteiger partial charge in [0.15, 0.2) is 0 Å². The van der Waals surface area contributed by atoms with Crippen LogP contribution in [0.2, 0.25) is 0 Å². The molecular weight excluding hydrogens is 230 g/mol. The molecule has 0 radical (unpaired) electrons. The Balaban J connectivity index is 2.82. The van der Waals surface area contributed by atoms with E-state index in [9.17, 15) is 4.79 Å². The summed E-state index contributed by atoms with van der Waals surface area (Å²) in [6.45, 7) is -0.154. The van der Waals surface area contributed by atoms with Crippen LogP contribution in [0.5, 0.6) is 0 Å². The van der Waals surface area contributed by atoms with Crippen molar-refractivity contribution in [1.29, 1.82) is 10.5 Å². The van der Waals surface area contributed by atoms with E-state index in [-0.39, 0.29) is 19.0 Å². The molecule has 1 amide bonds. The van der Waals surface area contributed by atoms with Crippen LogP contribution in [0, 0.1) is 22.7 Å². The van der Waals surface area contributed by atoms with Crippen LogP contribution < -0.4 is 0 Å².